The Morgan fingerprint density at radius 3 is 2.57 bits per heavy atom. The molecule has 2 aromatic rings. The van der Waals surface area contributed by atoms with Crippen LogP contribution in [-0.2, 0) is 0 Å². The lowest BCUT2D eigenvalue weighted by atomic mass is 9.89. The molecule has 0 spiro atoms. The van der Waals surface area contributed by atoms with Crippen LogP contribution in [0.2, 0.25) is 5.02 Å². The van der Waals surface area contributed by atoms with Gasteiger partial charge in [-0.05, 0) is 47.0 Å². The van der Waals surface area contributed by atoms with Crippen molar-refractivity contribution in [3.05, 3.63) is 33.5 Å². The van der Waals surface area contributed by atoms with Crippen LogP contribution in [-0.4, -0.2) is 15.0 Å². The fraction of sp³-hybridized carbons (Fsp3) is 0.400. The summed E-state index contributed by atoms with van der Waals surface area (Å²) in [5, 5.41) is 0.660. The van der Waals surface area contributed by atoms with Gasteiger partial charge in [0.2, 0.25) is 5.95 Å². The molecule has 6 heteroatoms. The van der Waals surface area contributed by atoms with Crippen LogP contribution in [0, 0.1) is 0 Å². The monoisotopic (exact) mass is 366 g/mol. The number of rotatable bonds is 2. The average molecular weight is 368 g/mol. The molecule has 21 heavy (non-hydrogen) atoms. The van der Waals surface area contributed by atoms with Crippen LogP contribution in [0.3, 0.4) is 0 Å². The molecule has 1 aromatic heterocycles. The summed E-state index contributed by atoms with van der Waals surface area (Å²) in [6.07, 6.45) is 6.03. The third-order valence-corrected chi connectivity index (χ3v) is 5.03. The highest BCUT2D eigenvalue weighted by atomic mass is 79.9. The van der Waals surface area contributed by atoms with E-state index in [4.69, 9.17) is 17.3 Å². The van der Waals surface area contributed by atoms with Gasteiger partial charge in [-0.1, -0.05) is 30.9 Å². The zero-order valence-electron chi connectivity index (χ0n) is 11.5. The Balaban J connectivity index is 1.98. The van der Waals surface area contributed by atoms with Crippen molar-refractivity contribution in [3.8, 4) is 11.4 Å². The van der Waals surface area contributed by atoms with E-state index >= 15 is 0 Å². The van der Waals surface area contributed by atoms with Gasteiger partial charge in [0.1, 0.15) is 5.82 Å². The van der Waals surface area contributed by atoms with Gasteiger partial charge in [-0.3, -0.25) is 0 Å². The largest absolute Gasteiger partial charge is 0.368 e. The van der Waals surface area contributed by atoms with E-state index in [-0.39, 0.29) is 5.95 Å². The van der Waals surface area contributed by atoms with E-state index in [0.29, 0.717) is 16.8 Å². The van der Waals surface area contributed by atoms with Gasteiger partial charge in [-0.15, -0.1) is 0 Å². The van der Waals surface area contributed by atoms with Gasteiger partial charge in [-0.2, -0.15) is 9.97 Å². The van der Waals surface area contributed by atoms with E-state index < -0.39 is 0 Å². The molecule has 0 amide bonds. The van der Waals surface area contributed by atoms with E-state index in [0.717, 1.165) is 28.7 Å². The van der Waals surface area contributed by atoms with Crippen molar-refractivity contribution < 1.29 is 0 Å². The molecule has 110 valence electrons. The third-order valence-electron chi connectivity index (χ3n) is 3.82. The average Bonchev–Trinajstić information content (AvgIpc) is 2.50. The molecule has 0 saturated heterocycles. The lowest BCUT2D eigenvalue weighted by Gasteiger charge is -2.20. The van der Waals surface area contributed by atoms with Crippen LogP contribution >= 0.6 is 27.5 Å². The van der Waals surface area contributed by atoms with Crippen LogP contribution in [0.1, 0.15) is 43.8 Å². The fourth-order valence-corrected chi connectivity index (χ4v) is 3.21. The number of anilines is 1. The van der Waals surface area contributed by atoms with Crippen LogP contribution in [0.4, 0.5) is 5.95 Å². The first-order chi connectivity index (χ1) is 10.1. The quantitative estimate of drug-likeness (QED) is 0.843. The van der Waals surface area contributed by atoms with E-state index in [1.54, 1.807) is 0 Å². The number of nitrogens with two attached hydrogens (primary N) is 1. The van der Waals surface area contributed by atoms with Crippen LogP contribution in [0.5, 0.6) is 0 Å². The van der Waals surface area contributed by atoms with Gasteiger partial charge >= 0.3 is 0 Å². The highest BCUT2D eigenvalue weighted by molar-refractivity contribution is 9.10. The molecule has 0 aliphatic heterocycles. The smallest absolute Gasteiger partial charge is 0.223 e. The van der Waals surface area contributed by atoms with E-state index in [1.165, 1.54) is 19.3 Å². The Morgan fingerprint density at radius 1 is 1.10 bits per heavy atom. The summed E-state index contributed by atoms with van der Waals surface area (Å²) < 4.78 is 0.819. The van der Waals surface area contributed by atoms with Gasteiger partial charge in [0.15, 0.2) is 5.82 Å². The summed E-state index contributed by atoms with van der Waals surface area (Å²) in [6, 6.07) is 5.62. The lowest BCUT2D eigenvalue weighted by Crippen LogP contribution is -2.12. The van der Waals surface area contributed by atoms with Crippen molar-refractivity contribution in [2.24, 2.45) is 0 Å². The maximum Gasteiger partial charge on any atom is 0.223 e. The minimum Gasteiger partial charge on any atom is -0.368 e. The van der Waals surface area contributed by atoms with Crippen LogP contribution in [0.25, 0.3) is 11.4 Å². The van der Waals surface area contributed by atoms with Gasteiger partial charge in [0, 0.05) is 16.0 Å². The highest BCUT2D eigenvalue weighted by Crippen LogP contribution is 2.32. The molecule has 0 bridgehead atoms. The molecule has 4 nitrogen and oxygen atoms in total. The minimum absolute atomic E-state index is 0.284. The molecule has 1 aromatic carbocycles. The molecule has 1 heterocycles. The number of nitrogen functional groups attached to an aromatic ring is 1. The number of aromatic nitrogens is 3. The zero-order chi connectivity index (χ0) is 14.8. The molecule has 1 aliphatic rings. The second kappa shape index (κ2) is 6.28. The molecule has 3 rings (SSSR count). The fourth-order valence-electron chi connectivity index (χ4n) is 2.72. The van der Waals surface area contributed by atoms with Crippen molar-refractivity contribution in [1.82, 2.24) is 15.0 Å². The standard InChI is InChI=1S/C15H16BrClN4/c16-11-8-10(6-7-12(11)17)14-19-13(20-15(18)21-14)9-4-2-1-3-5-9/h6-9H,1-5H2,(H2,18,19,20,21). The van der Waals surface area contributed by atoms with Crippen LogP contribution < -0.4 is 5.73 Å². The van der Waals surface area contributed by atoms with Crippen molar-refractivity contribution in [2.45, 2.75) is 38.0 Å². The van der Waals surface area contributed by atoms with E-state index in [9.17, 15) is 0 Å². The Morgan fingerprint density at radius 2 is 1.86 bits per heavy atom. The summed E-state index contributed by atoms with van der Waals surface area (Å²) >= 11 is 9.45. The molecule has 0 unspecified atom stereocenters. The summed E-state index contributed by atoms with van der Waals surface area (Å²) in [5.41, 5.74) is 6.76. The number of halogens is 2. The molecular weight excluding hydrogens is 352 g/mol. The van der Waals surface area contributed by atoms with Gasteiger partial charge < -0.3 is 5.73 Å². The predicted molar refractivity (Wildman–Crippen MR) is 88.2 cm³/mol. The normalized spacial score (nSPS) is 16.1. The highest BCUT2D eigenvalue weighted by Gasteiger charge is 2.20. The predicted octanol–water partition coefficient (Wildman–Crippen LogP) is 4.58. The number of benzene rings is 1. The maximum absolute atomic E-state index is 6.03. The van der Waals surface area contributed by atoms with Gasteiger partial charge in [0.05, 0.1) is 5.02 Å². The number of hydrogen-bond acceptors (Lipinski definition) is 4. The van der Waals surface area contributed by atoms with E-state index in [1.807, 2.05) is 18.2 Å². The Hall–Kier alpha value is -1.20. The summed E-state index contributed by atoms with van der Waals surface area (Å²) in [6.45, 7) is 0. The maximum atomic E-state index is 6.03. The first-order valence-electron chi connectivity index (χ1n) is 7.10. The first-order valence-corrected chi connectivity index (χ1v) is 8.27. The van der Waals surface area contributed by atoms with Crippen molar-refractivity contribution in [2.75, 3.05) is 5.73 Å². The molecule has 1 fully saturated rings. The van der Waals surface area contributed by atoms with Gasteiger partial charge in [-0.25, -0.2) is 4.98 Å². The summed E-state index contributed by atoms with van der Waals surface area (Å²) in [7, 11) is 0. The molecule has 1 aliphatic carbocycles. The molecule has 2 N–H and O–H groups in total. The SMILES string of the molecule is Nc1nc(-c2ccc(Cl)c(Br)c2)nc(C2CCCCC2)n1. The molecule has 1 saturated carbocycles. The summed E-state index contributed by atoms with van der Waals surface area (Å²) in [4.78, 5) is 13.2. The summed E-state index contributed by atoms with van der Waals surface area (Å²) in [5.74, 6) is 2.12. The second-order valence-corrected chi connectivity index (χ2v) is 6.60. The van der Waals surface area contributed by atoms with Gasteiger partial charge in [0.25, 0.3) is 0 Å². The second-order valence-electron chi connectivity index (χ2n) is 5.34. The molecular formula is C15H16BrClN4. The zero-order valence-corrected chi connectivity index (χ0v) is 13.9. The number of nitrogens with zero attached hydrogens (tertiary/aromatic N) is 3. The van der Waals surface area contributed by atoms with Crippen molar-refractivity contribution >= 4 is 33.5 Å². The van der Waals surface area contributed by atoms with E-state index in [2.05, 4.69) is 30.9 Å². The minimum atomic E-state index is 0.284. The Kier molecular flexibility index (Phi) is 4.40. The van der Waals surface area contributed by atoms with Crippen molar-refractivity contribution in [1.29, 1.82) is 0 Å². The van der Waals surface area contributed by atoms with Crippen LogP contribution in [0.15, 0.2) is 22.7 Å². The Bertz CT molecular complexity index is 656. The lowest BCUT2D eigenvalue weighted by molar-refractivity contribution is 0.428. The molecule has 0 radical (unpaired) electrons. The first kappa shape index (κ1) is 14.7. The number of hydrogen-bond donors (Lipinski definition) is 1. The topological polar surface area (TPSA) is 64.7 Å². The Labute approximate surface area is 137 Å². The third kappa shape index (κ3) is 3.35. The molecule has 0 atom stereocenters. The van der Waals surface area contributed by atoms with Crippen molar-refractivity contribution in [3.63, 3.8) is 0 Å².